The van der Waals surface area contributed by atoms with Crippen molar-refractivity contribution in [1.29, 1.82) is 0 Å². The molecule has 0 bridgehead atoms. The molecule has 6 heteroatoms. The van der Waals surface area contributed by atoms with Gasteiger partial charge in [0.15, 0.2) is 0 Å². The standard InChI is InChI=1S/C8H7ClN2O3/c9-8(7(10)12,11(13)14)6-4-2-1-3-5-6/h1-5H,(H2,10,12). The third-order valence-corrected chi connectivity index (χ3v) is 2.28. The van der Waals surface area contributed by atoms with Crippen LogP contribution in [0.3, 0.4) is 0 Å². The number of benzene rings is 1. The van der Waals surface area contributed by atoms with Crippen LogP contribution in [0.25, 0.3) is 0 Å². The molecule has 0 aliphatic heterocycles. The highest BCUT2D eigenvalue weighted by Crippen LogP contribution is 2.28. The van der Waals surface area contributed by atoms with Gasteiger partial charge >= 0.3 is 10.9 Å². The average molecular weight is 215 g/mol. The predicted octanol–water partition coefficient (Wildman–Crippen LogP) is 0.840. The number of halogens is 1. The zero-order valence-electron chi connectivity index (χ0n) is 7.01. The minimum absolute atomic E-state index is 0.0548. The molecule has 74 valence electrons. The van der Waals surface area contributed by atoms with Gasteiger partial charge in [0.1, 0.15) is 0 Å². The van der Waals surface area contributed by atoms with Crippen LogP contribution in [0.15, 0.2) is 30.3 Å². The molecule has 0 spiro atoms. The third kappa shape index (κ3) is 1.54. The highest BCUT2D eigenvalue weighted by atomic mass is 35.5. The largest absolute Gasteiger partial charge is 0.397 e. The number of hydrogen-bond acceptors (Lipinski definition) is 3. The van der Waals surface area contributed by atoms with Crippen molar-refractivity contribution in [3.05, 3.63) is 46.0 Å². The van der Waals surface area contributed by atoms with Crippen molar-refractivity contribution in [3.8, 4) is 0 Å². The number of carbonyl (C=O) groups is 1. The molecule has 1 rings (SSSR count). The number of hydrogen-bond donors (Lipinski definition) is 1. The van der Waals surface area contributed by atoms with Gasteiger partial charge in [0.05, 0.1) is 10.5 Å². The summed E-state index contributed by atoms with van der Waals surface area (Å²) < 4.78 is 0. The molecule has 0 heterocycles. The first-order valence-electron chi connectivity index (χ1n) is 3.68. The van der Waals surface area contributed by atoms with Crippen LogP contribution in [0.5, 0.6) is 0 Å². The first-order valence-corrected chi connectivity index (χ1v) is 4.06. The summed E-state index contributed by atoms with van der Waals surface area (Å²) in [5.41, 5.74) is 4.95. The Balaban J connectivity index is 3.27. The molecule has 1 unspecified atom stereocenters. The van der Waals surface area contributed by atoms with E-state index in [-0.39, 0.29) is 5.56 Å². The van der Waals surface area contributed by atoms with Crippen LogP contribution < -0.4 is 5.73 Å². The van der Waals surface area contributed by atoms with E-state index in [4.69, 9.17) is 17.3 Å². The zero-order chi connectivity index (χ0) is 10.8. The van der Waals surface area contributed by atoms with Gasteiger partial charge in [0.2, 0.25) is 0 Å². The Bertz CT molecular complexity index is 352. The van der Waals surface area contributed by atoms with E-state index in [0.29, 0.717) is 0 Å². The Hall–Kier alpha value is -1.62. The monoisotopic (exact) mass is 214 g/mol. The number of carbonyl (C=O) groups excluding carboxylic acids is 1. The van der Waals surface area contributed by atoms with Gasteiger partial charge in [-0.1, -0.05) is 18.2 Å². The summed E-state index contributed by atoms with van der Waals surface area (Å²) >= 11 is 5.56. The number of nitro groups is 1. The van der Waals surface area contributed by atoms with Crippen molar-refractivity contribution < 1.29 is 9.72 Å². The lowest BCUT2D eigenvalue weighted by atomic mass is 10.1. The molecule has 1 atom stereocenters. The summed E-state index contributed by atoms with van der Waals surface area (Å²) in [6.45, 7) is 0. The summed E-state index contributed by atoms with van der Waals surface area (Å²) in [5, 5.41) is 10.6. The SMILES string of the molecule is NC(=O)C(Cl)(c1ccccc1)[N+](=O)[O-]. The van der Waals surface area contributed by atoms with Crippen molar-refractivity contribution in [1.82, 2.24) is 0 Å². The second-order valence-corrected chi connectivity index (χ2v) is 3.16. The van der Waals surface area contributed by atoms with E-state index in [9.17, 15) is 14.9 Å². The number of amides is 1. The molecule has 0 aliphatic rings. The molecular formula is C8H7ClN2O3. The van der Waals surface area contributed by atoms with Gasteiger partial charge in [-0.3, -0.25) is 14.9 Å². The first-order chi connectivity index (χ1) is 6.49. The smallest absolute Gasteiger partial charge is 0.362 e. The van der Waals surface area contributed by atoms with Crippen LogP contribution in [-0.4, -0.2) is 10.8 Å². The minimum atomic E-state index is -2.37. The Kier molecular flexibility index (Phi) is 2.71. The average Bonchev–Trinajstić information content (AvgIpc) is 2.17. The number of nitrogens with two attached hydrogens (primary N) is 1. The molecular weight excluding hydrogens is 208 g/mol. The molecule has 0 saturated carbocycles. The van der Waals surface area contributed by atoms with E-state index in [1.807, 2.05) is 0 Å². The van der Waals surface area contributed by atoms with Crippen LogP contribution in [0.1, 0.15) is 5.56 Å². The molecule has 0 aliphatic carbocycles. The number of alkyl halides is 1. The summed E-state index contributed by atoms with van der Waals surface area (Å²) in [6, 6.07) is 7.49. The lowest BCUT2D eigenvalue weighted by Crippen LogP contribution is -2.42. The second kappa shape index (κ2) is 3.63. The van der Waals surface area contributed by atoms with Crippen molar-refractivity contribution in [2.75, 3.05) is 0 Å². The summed E-state index contributed by atoms with van der Waals surface area (Å²) in [5.74, 6) is -1.20. The fraction of sp³-hybridized carbons (Fsp3) is 0.125. The fourth-order valence-electron chi connectivity index (χ4n) is 0.997. The van der Waals surface area contributed by atoms with Crippen molar-refractivity contribution >= 4 is 17.5 Å². The van der Waals surface area contributed by atoms with Crippen LogP contribution in [0.2, 0.25) is 0 Å². The molecule has 2 N–H and O–H groups in total. The van der Waals surface area contributed by atoms with Gasteiger partial charge in [-0.05, 0) is 23.7 Å². The number of rotatable bonds is 3. The Morgan fingerprint density at radius 2 is 1.93 bits per heavy atom. The molecule has 0 fully saturated rings. The van der Waals surface area contributed by atoms with Gasteiger partial charge in [0.25, 0.3) is 0 Å². The van der Waals surface area contributed by atoms with Crippen LogP contribution >= 0.6 is 11.6 Å². The molecule has 0 saturated heterocycles. The number of nitrogens with zero attached hydrogens (tertiary/aromatic N) is 1. The van der Waals surface area contributed by atoms with E-state index in [0.717, 1.165) is 0 Å². The second-order valence-electron chi connectivity index (χ2n) is 2.61. The van der Waals surface area contributed by atoms with Gasteiger partial charge < -0.3 is 5.73 Å². The van der Waals surface area contributed by atoms with E-state index in [2.05, 4.69) is 0 Å². The normalized spacial score (nSPS) is 14.4. The van der Waals surface area contributed by atoms with Crippen molar-refractivity contribution in [2.45, 2.75) is 5.00 Å². The topological polar surface area (TPSA) is 86.2 Å². The fourth-order valence-corrected chi connectivity index (χ4v) is 1.12. The third-order valence-electron chi connectivity index (χ3n) is 1.73. The van der Waals surface area contributed by atoms with Crippen LogP contribution in [-0.2, 0) is 9.79 Å². The summed E-state index contributed by atoms with van der Waals surface area (Å²) in [4.78, 5) is 18.3. The lowest BCUT2D eigenvalue weighted by molar-refractivity contribution is -0.533. The number of primary amides is 1. The molecule has 1 aromatic carbocycles. The quantitative estimate of drug-likeness (QED) is 0.350. The minimum Gasteiger partial charge on any atom is -0.362 e. The predicted molar refractivity (Wildman–Crippen MR) is 50.2 cm³/mol. The van der Waals surface area contributed by atoms with E-state index < -0.39 is 15.8 Å². The Labute approximate surface area is 84.6 Å². The molecule has 1 amide bonds. The van der Waals surface area contributed by atoms with E-state index >= 15 is 0 Å². The molecule has 0 radical (unpaired) electrons. The van der Waals surface area contributed by atoms with Crippen molar-refractivity contribution in [3.63, 3.8) is 0 Å². The maximum atomic E-state index is 10.9. The Morgan fingerprint density at radius 1 is 1.43 bits per heavy atom. The zero-order valence-corrected chi connectivity index (χ0v) is 7.77. The maximum absolute atomic E-state index is 10.9. The summed E-state index contributed by atoms with van der Waals surface area (Å²) in [6.07, 6.45) is 0. The van der Waals surface area contributed by atoms with Gasteiger partial charge in [0, 0.05) is 0 Å². The van der Waals surface area contributed by atoms with Gasteiger partial charge in [-0.2, -0.15) is 0 Å². The molecule has 1 aromatic rings. The van der Waals surface area contributed by atoms with Gasteiger partial charge in [-0.15, -0.1) is 0 Å². The van der Waals surface area contributed by atoms with Crippen molar-refractivity contribution in [2.24, 2.45) is 5.73 Å². The lowest BCUT2D eigenvalue weighted by Gasteiger charge is -2.14. The highest BCUT2D eigenvalue weighted by molar-refractivity contribution is 6.33. The van der Waals surface area contributed by atoms with E-state index in [1.54, 1.807) is 18.2 Å². The van der Waals surface area contributed by atoms with Gasteiger partial charge in [-0.25, -0.2) is 0 Å². The Morgan fingerprint density at radius 3 is 2.29 bits per heavy atom. The highest BCUT2D eigenvalue weighted by Gasteiger charge is 2.49. The molecule has 5 nitrogen and oxygen atoms in total. The van der Waals surface area contributed by atoms with Crippen LogP contribution in [0.4, 0.5) is 0 Å². The first kappa shape index (κ1) is 10.5. The van der Waals surface area contributed by atoms with Crippen LogP contribution in [0, 0.1) is 10.1 Å². The maximum Gasteiger partial charge on any atom is 0.397 e. The molecule has 0 aromatic heterocycles. The summed E-state index contributed by atoms with van der Waals surface area (Å²) in [7, 11) is 0. The van der Waals surface area contributed by atoms with E-state index in [1.165, 1.54) is 12.1 Å². The molecule has 14 heavy (non-hydrogen) atoms.